The minimum atomic E-state index is -0.676. The lowest BCUT2D eigenvalue weighted by Crippen LogP contribution is -2.26. The Kier molecular flexibility index (Phi) is 4.48. The van der Waals surface area contributed by atoms with Crippen molar-refractivity contribution in [2.75, 3.05) is 18.0 Å². The van der Waals surface area contributed by atoms with Gasteiger partial charge in [0.05, 0.1) is 28.8 Å². The molecule has 2 aliphatic rings. The van der Waals surface area contributed by atoms with E-state index in [2.05, 4.69) is 16.1 Å². The highest BCUT2D eigenvalue weighted by molar-refractivity contribution is 6.32. The lowest BCUT2D eigenvalue weighted by molar-refractivity contribution is -0.139. The Bertz CT molecular complexity index is 1680. The fraction of sp³-hybridized carbons (Fsp3) is 0.259. The maximum absolute atomic E-state index is 11.3. The third kappa shape index (κ3) is 3.07. The van der Waals surface area contributed by atoms with Crippen molar-refractivity contribution in [3.05, 3.63) is 65.4 Å². The maximum atomic E-state index is 11.3. The molecule has 1 aliphatic carbocycles. The van der Waals surface area contributed by atoms with Crippen LogP contribution in [-0.2, 0) is 11.8 Å². The van der Waals surface area contributed by atoms with Gasteiger partial charge < -0.3 is 10.0 Å². The second-order valence-corrected chi connectivity index (χ2v) is 10.2. The molecule has 0 bridgehead atoms. The van der Waals surface area contributed by atoms with Crippen LogP contribution in [0.25, 0.3) is 38.8 Å². The third-order valence-electron chi connectivity index (χ3n) is 7.73. The minimum absolute atomic E-state index is 0.189. The summed E-state index contributed by atoms with van der Waals surface area (Å²) in [6, 6.07) is 14.0. The summed E-state index contributed by atoms with van der Waals surface area (Å²) >= 11 is 6.55. The second kappa shape index (κ2) is 7.54. The van der Waals surface area contributed by atoms with E-state index in [1.165, 1.54) is 0 Å². The highest BCUT2D eigenvalue weighted by atomic mass is 35.5. The van der Waals surface area contributed by atoms with Crippen molar-refractivity contribution in [2.45, 2.75) is 6.92 Å². The predicted molar refractivity (Wildman–Crippen MR) is 139 cm³/mol. The average molecular weight is 499 g/mol. The summed E-state index contributed by atoms with van der Waals surface area (Å²) in [6.07, 6.45) is 3.85. The summed E-state index contributed by atoms with van der Waals surface area (Å²) in [6.45, 7) is 3.49. The lowest BCUT2D eigenvalue weighted by Gasteiger charge is -2.20. The molecular weight excluding hydrogens is 476 g/mol. The number of aryl methyl sites for hydroxylation is 2. The Morgan fingerprint density at radius 1 is 1.06 bits per heavy atom. The SMILES string of the molecule is Cc1c(Cl)ccc2c(-c3cccc4nn(C)cc34)nn(-c3ccc(N4CC5C(C4)C5C(=O)O)nc3)c12. The van der Waals surface area contributed by atoms with Crippen LogP contribution in [-0.4, -0.2) is 48.7 Å². The number of halogens is 1. The molecule has 2 fully saturated rings. The molecule has 7 rings (SSSR count). The van der Waals surface area contributed by atoms with Gasteiger partial charge in [-0.2, -0.15) is 10.2 Å². The van der Waals surface area contributed by atoms with Crippen molar-refractivity contribution in [1.82, 2.24) is 24.5 Å². The van der Waals surface area contributed by atoms with Crippen molar-refractivity contribution in [3.8, 4) is 16.9 Å². The number of rotatable bonds is 4. The number of anilines is 1. The molecular formula is C27H23ClN6O2. The average Bonchev–Trinajstić information content (AvgIpc) is 3.20. The molecule has 8 nitrogen and oxygen atoms in total. The molecule has 180 valence electrons. The van der Waals surface area contributed by atoms with E-state index in [4.69, 9.17) is 21.7 Å². The number of benzene rings is 2. The first-order chi connectivity index (χ1) is 17.4. The quantitative estimate of drug-likeness (QED) is 0.386. The van der Waals surface area contributed by atoms with Crippen LogP contribution < -0.4 is 4.90 Å². The summed E-state index contributed by atoms with van der Waals surface area (Å²) in [7, 11) is 1.92. The third-order valence-corrected chi connectivity index (χ3v) is 8.14. The van der Waals surface area contributed by atoms with Crippen LogP contribution in [0, 0.1) is 24.7 Å². The van der Waals surface area contributed by atoms with Gasteiger partial charge in [0.1, 0.15) is 11.5 Å². The van der Waals surface area contributed by atoms with Crippen molar-refractivity contribution in [3.63, 3.8) is 0 Å². The minimum Gasteiger partial charge on any atom is -0.481 e. The zero-order valence-electron chi connectivity index (χ0n) is 19.8. The first kappa shape index (κ1) is 21.4. The molecule has 0 amide bonds. The zero-order chi connectivity index (χ0) is 24.7. The topological polar surface area (TPSA) is 89.1 Å². The first-order valence-electron chi connectivity index (χ1n) is 12.0. The van der Waals surface area contributed by atoms with Gasteiger partial charge in [0.15, 0.2) is 0 Å². The largest absolute Gasteiger partial charge is 0.481 e. The summed E-state index contributed by atoms with van der Waals surface area (Å²) in [5.41, 5.74) is 5.54. The van der Waals surface area contributed by atoms with Crippen LogP contribution >= 0.6 is 11.6 Å². The normalized spacial score (nSPS) is 20.9. The predicted octanol–water partition coefficient (Wildman–Crippen LogP) is 4.70. The van der Waals surface area contributed by atoms with Crippen LogP contribution in [0.4, 0.5) is 5.82 Å². The number of carboxylic acid groups (broad SMARTS) is 1. The van der Waals surface area contributed by atoms with Gasteiger partial charge in [0.25, 0.3) is 0 Å². The van der Waals surface area contributed by atoms with Gasteiger partial charge in [-0.3, -0.25) is 9.48 Å². The molecule has 1 saturated heterocycles. The summed E-state index contributed by atoms with van der Waals surface area (Å²) in [4.78, 5) is 18.2. The molecule has 4 heterocycles. The number of carboxylic acids is 1. The molecule has 1 saturated carbocycles. The smallest absolute Gasteiger partial charge is 0.307 e. The van der Waals surface area contributed by atoms with Crippen LogP contribution in [0.2, 0.25) is 5.02 Å². The van der Waals surface area contributed by atoms with E-state index in [0.29, 0.717) is 5.02 Å². The van der Waals surface area contributed by atoms with Crippen molar-refractivity contribution in [1.29, 1.82) is 0 Å². The van der Waals surface area contributed by atoms with Gasteiger partial charge in [-0.05, 0) is 54.7 Å². The van der Waals surface area contributed by atoms with Gasteiger partial charge in [-0.15, -0.1) is 0 Å². The monoisotopic (exact) mass is 498 g/mol. The summed E-state index contributed by atoms with van der Waals surface area (Å²) in [5, 5.41) is 21.7. The van der Waals surface area contributed by atoms with E-state index in [1.807, 2.05) is 72.1 Å². The molecule has 36 heavy (non-hydrogen) atoms. The molecule has 3 aromatic heterocycles. The highest BCUT2D eigenvalue weighted by Gasteiger charge is 2.60. The van der Waals surface area contributed by atoms with Gasteiger partial charge in [-0.1, -0.05) is 23.7 Å². The van der Waals surface area contributed by atoms with E-state index in [-0.39, 0.29) is 17.8 Å². The van der Waals surface area contributed by atoms with Gasteiger partial charge in [0, 0.05) is 47.7 Å². The molecule has 5 aromatic rings. The van der Waals surface area contributed by atoms with E-state index >= 15 is 0 Å². The standard InChI is InChI=1S/C27H23ClN6O2/c1-14-21(28)8-7-17-25(16-4-3-5-22-18(16)11-32(2)30-22)31-34(26(14)17)15-6-9-23(29-10-15)33-12-19-20(13-33)24(19)27(35)36/h3-11,19-20,24H,12-13H2,1-2H3,(H,35,36). The Labute approximate surface area is 211 Å². The highest BCUT2D eigenvalue weighted by Crippen LogP contribution is 2.52. The molecule has 0 radical (unpaired) electrons. The fourth-order valence-corrected chi connectivity index (χ4v) is 6.02. The second-order valence-electron chi connectivity index (χ2n) is 9.84. The fourth-order valence-electron chi connectivity index (χ4n) is 5.87. The Morgan fingerprint density at radius 2 is 1.86 bits per heavy atom. The van der Waals surface area contributed by atoms with Crippen LogP contribution in [0.1, 0.15) is 5.56 Å². The zero-order valence-corrected chi connectivity index (χ0v) is 20.5. The van der Waals surface area contributed by atoms with E-state index < -0.39 is 5.97 Å². The molecule has 1 N–H and O–H groups in total. The molecule has 2 aromatic carbocycles. The number of aliphatic carboxylic acids is 1. The van der Waals surface area contributed by atoms with Gasteiger partial charge in [-0.25, -0.2) is 9.67 Å². The number of hydrogen-bond donors (Lipinski definition) is 1. The molecule has 9 heteroatoms. The molecule has 1 aliphatic heterocycles. The van der Waals surface area contributed by atoms with E-state index in [0.717, 1.165) is 63.2 Å². The van der Waals surface area contributed by atoms with Crippen LogP contribution in [0.5, 0.6) is 0 Å². The molecule has 0 spiro atoms. The Hall–Kier alpha value is -3.91. The number of piperidine rings is 1. The number of aromatic nitrogens is 5. The number of carbonyl (C=O) groups is 1. The van der Waals surface area contributed by atoms with Crippen molar-refractivity contribution in [2.24, 2.45) is 24.8 Å². The lowest BCUT2D eigenvalue weighted by atomic mass is 10.0. The molecule has 2 unspecified atom stereocenters. The van der Waals surface area contributed by atoms with Crippen molar-refractivity contribution < 1.29 is 9.90 Å². The first-order valence-corrected chi connectivity index (χ1v) is 12.3. The van der Waals surface area contributed by atoms with Gasteiger partial charge in [0.2, 0.25) is 0 Å². The van der Waals surface area contributed by atoms with Crippen molar-refractivity contribution >= 4 is 45.2 Å². The summed E-state index contributed by atoms with van der Waals surface area (Å²) in [5.74, 6) is 0.474. The number of hydrogen-bond acceptors (Lipinski definition) is 5. The van der Waals surface area contributed by atoms with E-state index in [9.17, 15) is 9.90 Å². The van der Waals surface area contributed by atoms with Gasteiger partial charge >= 0.3 is 5.97 Å². The maximum Gasteiger partial charge on any atom is 0.307 e. The molecule has 2 atom stereocenters. The number of fused-ring (bicyclic) bond motifs is 3. The van der Waals surface area contributed by atoms with E-state index in [1.54, 1.807) is 0 Å². The van der Waals surface area contributed by atoms with Crippen LogP contribution in [0.3, 0.4) is 0 Å². The van der Waals surface area contributed by atoms with Crippen LogP contribution in [0.15, 0.2) is 54.9 Å². The summed E-state index contributed by atoms with van der Waals surface area (Å²) < 4.78 is 3.73. The Balaban J connectivity index is 1.31. The number of pyridine rings is 1. The number of nitrogens with zero attached hydrogens (tertiary/aromatic N) is 6. The Morgan fingerprint density at radius 3 is 2.58 bits per heavy atom.